The zero-order valence-corrected chi connectivity index (χ0v) is 16.0. The second kappa shape index (κ2) is 8.43. The quantitative estimate of drug-likeness (QED) is 0.469. The monoisotopic (exact) mass is 417 g/mol. The smallest absolute Gasteiger partial charge is 0.227 e. The zero-order chi connectivity index (χ0) is 17.8. The summed E-state index contributed by atoms with van der Waals surface area (Å²) in [6.07, 6.45) is 5.75. The normalized spacial score (nSPS) is 10.0. The van der Waals surface area contributed by atoms with Gasteiger partial charge in [0, 0.05) is 28.8 Å². The Morgan fingerprint density at radius 3 is 2.26 bits per heavy atom. The number of halogens is 1. The average molecular weight is 418 g/mol. The molecule has 5 heteroatoms. The minimum atomic E-state index is 0. The van der Waals surface area contributed by atoms with Crippen LogP contribution in [0.2, 0.25) is 0 Å². The first-order valence-corrected chi connectivity index (χ1v) is 8.31. The average Bonchev–Trinajstić information content (AvgIpc) is 3.20. The molecule has 0 saturated heterocycles. The second-order valence-corrected chi connectivity index (χ2v) is 5.96. The molecule has 0 saturated carbocycles. The summed E-state index contributed by atoms with van der Waals surface area (Å²) in [5.41, 5.74) is 3.76. The van der Waals surface area contributed by atoms with E-state index in [0.29, 0.717) is 11.5 Å². The first-order chi connectivity index (χ1) is 12.8. The van der Waals surface area contributed by atoms with E-state index >= 15 is 0 Å². The van der Waals surface area contributed by atoms with Crippen LogP contribution in [0.15, 0.2) is 89.7 Å². The summed E-state index contributed by atoms with van der Waals surface area (Å²) in [6, 6.07) is 23.7. The van der Waals surface area contributed by atoms with E-state index in [4.69, 9.17) is 9.68 Å². The van der Waals surface area contributed by atoms with Crippen LogP contribution in [0, 0.1) is 11.3 Å². The highest BCUT2D eigenvalue weighted by atomic mass is 79.9. The van der Waals surface area contributed by atoms with Gasteiger partial charge in [-0.1, -0.05) is 42.5 Å². The van der Waals surface area contributed by atoms with Gasteiger partial charge in [0.25, 0.3) is 0 Å². The molecule has 0 fully saturated rings. The molecule has 2 aromatic heterocycles. The van der Waals surface area contributed by atoms with Crippen molar-refractivity contribution in [2.24, 2.45) is 0 Å². The predicted molar refractivity (Wildman–Crippen MR) is 97.8 cm³/mol. The van der Waals surface area contributed by atoms with Crippen molar-refractivity contribution < 1.29 is 26.0 Å². The van der Waals surface area contributed by atoms with Crippen LogP contribution < -0.4 is 21.5 Å². The molecule has 132 valence electrons. The lowest BCUT2D eigenvalue weighted by molar-refractivity contribution is -0.688. The first kappa shape index (κ1) is 18.6. The second-order valence-electron chi connectivity index (χ2n) is 5.96. The molecule has 0 aliphatic carbocycles. The Labute approximate surface area is 168 Å². The molecule has 0 radical (unpaired) electrons. The Balaban J connectivity index is 0.00000210. The summed E-state index contributed by atoms with van der Waals surface area (Å²) in [5.74, 6) is 1.37. The Hall–Kier alpha value is -3.23. The molecule has 2 heterocycles. The number of hydrogen-bond acceptors (Lipinski definition) is 3. The largest absolute Gasteiger partial charge is 1.00 e. The summed E-state index contributed by atoms with van der Waals surface area (Å²) >= 11 is 0. The maximum absolute atomic E-state index is 8.86. The van der Waals surface area contributed by atoms with Gasteiger partial charge >= 0.3 is 0 Å². The van der Waals surface area contributed by atoms with Gasteiger partial charge in [0.2, 0.25) is 5.89 Å². The summed E-state index contributed by atoms with van der Waals surface area (Å²) in [6.45, 7) is 0.743. The minimum absolute atomic E-state index is 0. The van der Waals surface area contributed by atoms with Gasteiger partial charge in [-0.15, -0.1) is 0 Å². The Kier molecular flexibility index (Phi) is 5.80. The number of oxazole rings is 1. The number of rotatable bonds is 4. The third kappa shape index (κ3) is 4.30. The molecule has 0 N–H and O–H groups in total. The highest BCUT2D eigenvalue weighted by molar-refractivity contribution is 5.60. The molecule has 0 amide bonds. The number of benzene rings is 2. The summed E-state index contributed by atoms with van der Waals surface area (Å²) in [7, 11) is 0. The molecule has 0 unspecified atom stereocenters. The fourth-order valence-corrected chi connectivity index (χ4v) is 2.74. The first-order valence-electron chi connectivity index (χ1n) is 8.31. The number of nitriles is 1. The number of hydrogen-bond donors (Lipinski definition) is 0. The molecule has 0 spiro atoms. The number of aromatic nitrogens is 2. The maximum Gasteiger partial charge on any atom is 0.227 e. The van der Waals surface area contributed by atoms with Crippen molar-refractivity contribution in [2.45, 2.75) is 6.54 Å². The van der Waals surface area contributed by atoms with Crippen molar-refractivity contribution in [2.75, 3.05) is 0 Å². The molecule has 4 nitrogen and oxygen atoms in total. The molecule has 0 bridgehead atoms. The SMILES string of the molecule is N#Cc1ccc(C[n+]2ccc(-c3ncc(-c4ccccc4)o3)cc2)cc1.[Br-]. The Morgan fingerprint density at radius 2 is 1.59 bits per heavy atom. The van der Waals surface area contributed by atoms with Crippen LogP contribution in [-0.4, -0.2) is 4.98 Å². The third-order valence-electron chi connectivity index (χ3n) is 4.15. The molecule has 4 rings (SSSR count). The lowest BCUT2D eigenvalue weighted by atomic mass is 10.1. The van der Waals surface area contributed by atoms with Crippen LogP contribution in [0.25, 0.3) is 22.8 Å². The van der Waals surface area contributed by atoms with E-state index in [1.165, 1.54) is 0 Å². The number of nitrogens with zero attached hydrogens (tertiary/aromatic N) is 3. The summed E-state index contributed by atoms with van der Waals surface area (Å²) < 4.78 is 7.96. The van der Waals surface area contributed by atoms with E-state index in [2.05, 4.69) is 15.6 Å². The van der Waals surface area contributed by atoms with Gasteiger partial charge in [-0.05, 0) is 12.1 Å². The summed E-state index contributed by atoms with van der Waals surface area (Å²) in [4.78, 5) is 4.39. The molecule has 0 aliphatic rings. The van der Waals surface area contributed by atoms with Gasteiger partial charge in [-0.25, -0.2) is 9.55 Å². The Morgan fingerprint density at radius 1 is 0.889 bits per heavy atom. The van der Waals surface area contributed by atoms with Gasteiger partial charge in [0.1, 0.15) is 0 Å². The highest BCUT2D eigenvalue weighted by Gasteiger charge is 2.10. The summed E-state index contributed by atoms with van der Waals surface area (Å²) in [5, 5.41) is 8.86. The molecule has 2 aromatic carbocycles. The van der Waals surface area contributed by atoms with Crippen LogP contribution >= 0.6 is 0 Å². The fraction of sp³-hybridized carbons (Fsp3) is 0.0455. The van der Waals surface area contributed by atoms with E-state index in [1.54, 1.807) is 6.20 Å². The minimum Gasteiger partial charge on any atom is -1.00 e. The highest BCUT2D eigenvalue weighted by Crippen LogP contribution is 2.25. The molecular weight excluding hydrogens is 402 g/mol. The predicted octanol–water partition coefficient (Wildman–Crippen LogP) is 1.22. The van der Waals surface area contributed by atoms with Gasteiger partial charge in [-0.3, -0.25) is 0 Å². The lowest BCUT2D eigenvalue weighted by Gasteiger charge is -1.99. The van der Waals surface area contributed by atoms with Gasteiger partial charge in [0.05, 0.1) is 17.8 Å². The van der Waals surface area contributed by atoms with Crippen LogP contribution in [0.5, 0.6) is 0 Å². The van der Waals surface area contributed by atoms with Crippen LogP contribution in [0.4, 0.5) is 0 Å². The van der Waals surface area contributed by atoms with E-state index in [-0.39, 0.29) is 17.0 Å². The topological polar surface area (TPSA) is 53.7 Å². The molecule has 0 aliphatic heterocycles. The van der Waals surface area contributed by atoms with Crippen molar-refractivity contribution in [3.8, 4) is 28.8 Å². The van der Waals surface area contributed by atoms with Crippen LogP contribution in [-0.2, 0) is 6.54 Å². The molecule has 4 aromatic rings. The van der Waals surface area contributed by atoms with Gasteiger partial charge < -0.3 is 21.4 Å². The standard InChI is InChI=1S/C22H16N3O.BrH/c23-14-17-6-8-18(9-7-17)16-25-12-10-20(11-13-25)22-24-15-21(26-22)19-4-2-1-3-5-19;/h1-13,15H,16H2;1H/q+1;/p-1. The molecule has 0 atom stereocenters. The van der Waals surface area contributed by atoms with Crippen LogP contribution in [0.1, 0.15) is 11.1 Å². The zero-order valence-electron chi connectivity index (χ0n) is 14.4. The maximum atomic E-state index is 8.86. The molecule has 27 heavy (non-hydrogen) atoms. The number of pyridine rings is 1. The van der Waals surface area contributed by atoms with Crippen molar-refractivity contribution in [1.82, 2.24) is 4.98 Å². The van der Waals surface area contributed by atoms with Crippen molar-refractivity contribution in [3.63, 3.8) is 0 Å². The fourth-order valence-electron chi connectivity index (χ4n) is 2.74. The van der Waals surface area contributed by atoms with E-state index in [1.807, 2.05) is 79.1 Å². The lowest BCUT2D eigenvalue weighted by Crippen LogP contribution is -3.00. The van der Waals surface area contributed by atoms with E-state index < -0.39 is 0 Å². The van der Waals surface area contributed by atoms with Gasteiger partial charge in [0.15, 0.2) is 24.7 Å². The third-order valence-corrected chi connectivity index (χ3v) is 4.15. The molecular formula is C22H16BrN3O. The van der Waals surface area contributed by atoms with E-state index in [0.717, 1.165) is 29.0 Å². The Bertz CT molecular complexity index is 1050. The van der Waals surface area contributed by atoms with Crippen molar-refractivity contribution in [3.05, 3.63) is 96.4 Å². The van der Waals surface area contributed by atoms with Crippen molar-refractivity contribution >= 4 is 0 Å². The van der Waals surface area contributed by atoms with E-state index in [9.17, 15) is 0 Å². The van der Waals surface area contributed by atoms with Crippen molar-refractivity contribution in [1.29, 1.82) is 5.26 Å². The van der Waals surface area contributed by atoms with Crippen LogP contribution in [0.3, 0.4) is 0 Å². The van der Waals surface area contributed by atoms with Gasteiger partial charge in [-0.2, -0.15) is 5.26 Å².